The van der Waals surface area contributed by atoms with E-state index in [2.05, 4.69) is 10.3 Å². The van der Waals surface area contributed by atoms with E-state index in [9.17, 15) is 19.7 Å². The lowest BCUT2D eigenvalue weighted by Gasteiger charge is -2.15. The number of para-hydroxylation sites is 1. The Morgan fingerprint density at radius 3 is 2.47 bits per heavy atom. The van der Waals surface area contributed by atoms with E-state index >= 15 is 0 Å². The predicted molar refractivity (Wildman–Crippen MR) is 134 cm³/mol. The second-order valence-electron chi connectivity index (χ2n) is 7.99. The third kappa shape index (κ3) is 4.84. The minimum Gasteiger partial charge on any atom is -0.325 e. The lowest BCUT2D eigenvalue weighted by atomic mass is 10.1. The SMILES string of the molecule is Cc1cc(C)cc(-n2c(SCC(=O)Nc3cc([N+](=O)[O-])ccc3C)nc3ccccc3c2=O)c1. The van der Waals surface area contributed by atoms with Crippen molar-refractivity contribution in [1.29, 1.82) is 0 Å². The zero-order valence-corrected chi connectivity index (χ0v) is 19.7. The summed E-state index contributed by atoms with van der Waals surface area (Å²) in [6.07, 6.45) is 0. The summed E-state index contributed by atoms with van der Waals surface area (Å²) in [4.78, 5) is 41.3. The molecule has 172 valence electrons. The Kier molecular flexibility index (Phi) is 6.47. The van der Waals surface area contributed by atoms with Gasteiger partial charge in [0.2, 0.25) is 5.91 Å². The maximum Gasteiger partial charge on any atom is 0.271 e. The highest BCUT2D eigenvalue weighted by molar-refractivity contribution is 7.99. The van der Waals surface area contributed by atoms with E-state index in [0.717, 1.165) is 22.9 Å². The van der Waals surface area contributed by atoms with Crippen LogP contribution in [0.25, 0.3) is 16.6 Å². The highest BCUT2D eigenvalue weighted by Crippen LogP contribution is 2.25. The van der Waals surface area contributed by atoms with Gasteiger partial charge in [0.25, 0.3) is 11.2 Å². The number of amides is 1. The van der Waals surface area contributed by atoms with Gasteiger partial charge in [0.15, 0.2) is 5.16 Å². The van der Waals surface area contributed by atoms with Crippen LogP contribution in [0.5, 0.6) is 0 Å². The largest absolute Gasteiger partial charge is 0.325 e. The molecule has 0 atom stereocenters. The fourth-order valence-corrected chi connectivity index (χ4v) is 4.50. The molecule has 1 heterocycles. The van der Waals surface area contributed by atoms with Gasteiger partial charge in [0.05, 0.1) is 33.0 Å². The van der Waals surface area contributed by atoms with Crippen LogP contribution < -0.4 is 10.9 Å². The third-order valence-electron chi connectivity index (χ3n) is 5.25. The van der Waals surface area contributed by atoms with Gasteiger partial charge in [-0.05, 0) is 61.7 Å². The molecule has 3 aromatic carbocycles. The molecule has 0 aliphatic heterocycles. The number of carbonyl (C=O) groups is 1. The molecule has 4 aromatic rings. The monoisotopic (exact) mass is 474 g/mol. The van der Waals surface area contributed by atoms with Crippen LogP contribution in [-0.4, -0.2) is 26.1 Å². The summed E-state index contributed by atoms with van der Waals surface area (Å²) < 4.78 is 1.53. The number of aromatic nitrogens is 2. The van der Waals surface area contributed by atoms with E-state index in [1.807, 2.05) is 38.1 Å². The number of hydrogen-bond donors (Lipinski definition) is 1. The second kappa shape index (κ2) is 9.48. The molecule has 0 unspecified atom stereocenters. The van der Waals surface area contributed by atoms with Crippen molar-refractivity contribution in [1.82, 2.24) is 9.55 Å². The summed E-state index contributed by atoms with van der Waals surface area (Å²) in [7, 11) is 0. The van der Waals surface area contributed by atoms with Gasteiger partial charge in [-0.25, -0.2) is 4.98 Å². The molecule has 0 fully saturated rings. The first-order valence-electron chi connectivity index (χ1n) is 10.5. The first-order valence-corrected chi connectivity index (χ1v) is 11.5. The van der Waals surface area contributed by atoms with Crippen molar-refractivity contribution in [3.05, 3.63) is 97.8 Å². The summed E-state index contributed by atoms with van der Waals surface area (Å²) in [6.45, 7) is 5.67. The van der Waals surface area contributed by atoms with Crippen LogP contribution in [0.2, 0.25) is 0 Å². The molecule has 0 saturated carbocycles. The van der Waals surface area contributed by atoms with Gasteiger partial charge >= 0.3 is 0 Å². The number of benzene rings is 3. The van der Waals surface area contributed by atoms with E-state index in [0.29, 0.717) is 33.0 Å². The number of thioether (sulfide) groups is 1. The Labute approximate surface area is 199 Å². The summed E-state index contributed by atoms with van der Waals surface area (Å²) in [5.74, 6) is -0.388. The highest BCUT2D eigenvalue weighted by atomic mass is 32.2. The first-order chi connectivity index (χ1) is 16.2. The van der Waals surface area contributed by atoms with E-state index in [-0.39, 0.29) is 22.9 Å². The molecule has 0 aliphatic rings. The van der Waals surface area contributed by atoms with Gasteiger partial charge in [0.1, 0.15) is 0 Å². The number of rotatable bonds is 6. The fourth-order valence-electron chi connectivity index (χ4n) is 3.69. The zero-order valence-electron chi connectivity index (χ0n) is 18.9. The molecule has 1 N–H and O–H groups in total. The van der Waals surface area contributed by atoms with Gasteiger partial charge in [0, 0.05) is 12.1 Å². The zero-order chi connectivity index (χ0) is 24.4. The fraction of sp³-hybridized carbons (Fsp3) is 0.160. The predicted octanol–water partition coefficient (Wildman–Crippen LogP) is 4.95. The number of nitrogens with one attached hydrogen (secondary N) is 1. The number of aryl methyl sites for hydroxylation is 3. The minimum absolute atomic E-state index is 0.0300. The van der Waals surface area contributed by atoms with Crippen molar-refractivity contribution in [3.63, 3.8) is 0 Å². The third-order valence-corrected chi connectivity index (χ3v) is 6.19. The summed E-state index contributed by atoms with van der Waals surface area (Å²) in [5, 5.41) is 14.7. The normalized spacial score (nSPS) is 10.9. The van der Waals surface area contributed by atoms with Crippen LogP contribution in [-0.2, 0) is 4.79 Å². The van der Waals surface area contributed by atoms with Crippen molar-refractivity contribution in [3.8, 4) is 5.69 Å². The molecular formula is C25H22N4O4S. The number of hydrogen-bond acceptors (Lipinski definition) is 6. The van der Waals surface area contributed by atoms with Crippen LogP contribution in [0.4, 0.5) is 11.4 Å². The van der Waals surface area contributed by atoms with Crippen LogP contribution in [0.15, 0.2) is 70.6 Å². The summed E-state index contributed by atoms with van der Waals surface area (Å²) >= 11 is 1.13. The standard InChI is InChI=1S/C25H22N4O4S/c1-15-10-16(2)12-19(11-15)28-24(31)20-6-4-5-7-21(20)27-25(28)34-14-23(30)26-22-13-18(29(32)33)9-8-17(22)3/h4-13H,14H2,1-3H3,(H,26,30). The first kappa shape index (κ1) is 23.2. The Hall–Kier alpha value is -3.98. The summed E-state index contributed by atoms with van der Waals surface area (Å²) in [6, 6.07) is 17.2. The molecule has 0 bridgehead atoms. The van der Waals surface area contributed by atoms with Gasteiger partial charge in [-0.15, -0.1) is 0 Å². The lowest BCUT2D eigenvalue weighted by molar-refractivity contribution is -0.384. The number of nitro benzene ring substituents is 1. The van der Waals surface area contributed by atoms with Crippen LogP contribution in [0.1, 0.15) is 16.7 Å². The Bertz CT molecular complexity index is 1480. The van der Waals surface area contributed by atoms with Crippen molar-refractivity contribution in [2.45, 2.75) is 25.9 Å². The highest BCUT2D eigenvalue weighted by Gasteiger charge is 2.16. The second-order valence-corrected chi connectivity index (χ2v) is 8.93. The van der Waals surface area contributed by atoms with Gasteiger partial charge < -0.3 is 5.32 Å². The molecule has 0 saturated heterocycles. The smallest absolute Gasteiger partial charge is 0.271 e. The van der Waals surface area contributed by atoms with Crippen molar-refractivity contribution >= 4 is 39.9 Å². The maximum absolute atomic E-state index is 13.4. The van der Waals surface area contributed by atoms with Gasteiger partial charge in [-0.2, -0.15) is 0 Å². The molecule has 4 rings (SSSR count). The van der Waals surface area contributed by atoms with Crippen LogP contribution in [0.3, 0.4) is 0 Å². The van der Waals surface area contributed by atoms with Crippen molar-refractivity contribution in [2.75, 3.05) is 11.1 Å². The van der Waals surface area contributed by atoms with E-state index < -0.39 is 4.92 Å². The molecule has 0 radical (unpaired) electrons. The van der Waals surface area contributed by atoms with E-state index in [1.54, 1.807) is 31.2 Å². The summed E-state index contributed by atoms with van der Waals surface area (Å²) in [5.41, 5.74) is 4.00. The maximum atomic E-state index is 13.4. The number of anilines is 1. The molecule has 8 nitrogen and oxygen atoms in total. The van der Waals surface area contributed by atoms with Crippen LogP contribution >= 0.6 is 11.8 Å². The molecule has 34 heavy (non-hydrogen) atoms. The quantitative estimate of drug-likeness (QED) is 0.183. The molecule has 0 aliphatic carbocycles. The minimum atomic E-state index is -0.509. The number of non-ortho nitro benzene ring substituents is 1. The average molecular weight is 475 g/mol. The number of nitro groups is 1. The Morgan fingerprint density at radius 1 is 1.06 bits per heavy atom. The van der Waals surface area contributed by atoms with Crippen molar-refractivity contribution < 1.29 is 9.72 Å². The molecule has 0 spiro atoms. The molecule has 9 heteroatoms. The number of carbonyl (C=O) groups excluding carboxylic acids is 1. The Balaban J connectivity index is 1.68. The van der Waals surface area contributed by atoms with Gasteiger partial charge in [-0.1, -0.05) is 36.0 Å². The van der Waals surface area contributed by atoms with Crippen molar-refractivity contribution in [2.24, 2.45) is 0 Å². The molecule has 1 amide bonds. The molecular weight excluding hydrogens is 452 g/mol. The topological polar surface area (TPSA) is 107 Å². The molecule has 1 aromatic heterocycles. The number of fused-ring (bicyclic) bond motifs is 1. The lowest BCUT2D eigenvalue weighted by Crippen LogP contribution is -2.23. The Morgan fingerprint density at radius 2 is 1.76 bits per heavy atom. The van der Waals surface area contributed by atoms with E-state index in [1.165, 1.54) is 16.7 Å². The van der Waals surface area contributed by atoms with E-state index in [4.69, 9.17) is 0 Å². The van der Waals surface area contributed by atoms with Crippen LogP contribution in [0, 0.1) is 30.9 Å². The van der Waals surface area contributed by atoms with Gasteiger partial charge in [-0.3, -0.25) is 24.3 Å². The average Bonchev–Trinajstić information content (AvgIpc) is 2.78. The number of nitrogens with zero attached hydrogens (tertiary/aromatic N) is 3.